The highest BCUT2D eigenvalue weighted by molar-refractivity contribution is 6.05. The van der Waals surface area contributed by atoms with Crippen LogP contribution in [0.1, 0.15) is 67.7 Å². The summed E-state index contributed by atoms with van der Waals surface area (Å²) < 4.78 is 12.2. The molecule has 1 aromatic heterocycles. The van der Waals surface area contributed by atoms with Crippen molar-refractivity contribution in [3.8, 4) is 5.75 Å². The molecule has 1 N–H and O–H groups in total. The van der Waals surface area contributed by atoms with Crippen molar-refractivity contribution in [3.05, 3.63) is 30.5 Å². The third-order valence-electron chi connectivity index (χ3n) is 4.82. The van der Waals surface area contributed by atoms with Gasteiger partial charge in [0.05, 0.1) is 11.8 Å². The SMILES string of the molecule is CCCOC(CC(C)C)(CC(C)C)C(=O)Nc1ccc(OC(C)C)c2ncccc12. The summed E-state index contributed by atoms with van der Waals surface area (Å²) in [4.78, 5) is 18.1. The minimum absolute atomic E-state index is 0.0443. The number of ether oxygens (including phenoxy) is 2. The van der Waals surface area contributed by atoms with E-state index in [4.69, 9.17) is 9.47 Å². The number of anilines is 1. The molecule has 0 bridgehead atoms. The molecule has 1 heterocycles. The van der Waals surface area contributed by atoms with Crippen LogP contribution in [-0.2, 0) is 9.53 Å². The van der Waals surface area contributed by atoms with Crippen LogP contribution in [0.15, 0.2) is 30.5 Å². The van der Waals surface area contributed by atoms with Crippen molar-refractivity contribution in [3.63, 3.8) is 0 Å². The second kappa shape index (κ2) is 10.8. The lowest BCUT2D eigenvalue weighted by Crippen LogP contribution is -2.48. The fourth-order valence-corrected chi connectivity index (χ4v) is 3.91. The molecule has 0 fully saturated rings. The van der Waals surface area contributed by atoms with E-state index in [0.717, 1.165) is 28.8 Å². The van der Waals surface area contributed by atoms with E-state index in [1.165, 1.54) is 0 Å². The van der Waals surface area contributed by atoms with Crippen molar-refractivity contribution in [1.82, 2.24) is 4.98 Å². The van der Waals surface area contributed by atoms with Crippen molar-refractivity contribution in [2.45, 2.75) is 79.4 Å². The summed E-state index contributed by atoms with van der Waals surface area (Å²) in [7, 11) is 0. The van der Waals surface area contributed by atoms with Gasteiger partial charge in [0.1, 0.15) is 16.9 Å². The molecule has 0 unspecified atom stereocenters. The molecular weight excluding hydrogens is 376 g/mol. The van der Waals surface area contributed by atoms with Crippen LogP contribution < -0.4 is 10.1 Å². The molecule has 5 nitrogen and oxygen atoms in total. The lowest BCUT2D eigenvalue weighted by molar-refractivity contribution is -0.147. The summed E-state index contributed by atoms with van der Waals surface area (Å²) in [6, 6.07) is 7.62. The number of amides is 1. The normalized spacial score (nSPS) is 12.2. The number of aromatic nitrogens is 1. The van der Waals surface area contributed by atoms with Crippen LogP contribution in [0, 0.1) is 11.8 Å². The van der Waals surface area contributed by atoms with Gasteiger partial charge in [-0.15, -0.1) is 0 Å². The first-order chi connectivity index (χ1) is 14.2. The van der Waals surface area contributed by atoms with E-state index in [2.05, 4.69) is 44.9 Å². The van der Waals surface area contributed by atoms with Gasteiger partial charge in [-0.25, -0.2) is 0 Å². The minimum Gasteiger partial charge on any atom is -0.489 e. The number of carbonyl (C=O) groups excluding carboxylic acids is 1. The first-order valence-corrected chi connectivity index (χ1v) is 11.2. The quantitative estimate of drug-likeness (QED) is 0.474. The average molecular weight is 415 g/mol. The molecule has 0 aliphatic carbocycles. The predicted octanol–water partition coefficient (Wildman–Crippen LogP) is 6.22. The fourth-order valence-electron chi connectivity index (χ4n) is 3.91. The first-order valence-electron chi connectivity index (χ1n) is 11.2. The maximum absolute atomic E-state index is 13.6. The second-order valence-corrected chi connectivity index (χ2v) is 9.17. The maximum atomic E-state index is 13.6. The van der Waals surface area contributed by atoms with Crippen LogP contribution in [0.2, 0.25) is 0 Å². The fraction of sp³-hybridized carbons (Fsp3) is 0.600. The molecule has 0 radical (unpaired) electrons. The van der Waals surface area contributed by atoms with Crippen LogP contribution in [0.5, 0.6) is 5.75 Å². The van der Waals surface area contributed by atoms with Crippen LogP contribution in [0.4, 0.5) is 5.69 Å². The first kappa shape index (κ1) is 24.1. The number of nitrogens with zero attached hydrogens (tertiary/aromatic N) is 1. The lowest BCUT2D eigenvalue weighted by Gasteiger charge is -2.35. The Balaban J connectivity index is 2.44. The molecule has 166 valence electrons. The molecule has 1 amide bonds. The molecule has 5 heteroatoms. The summed E-state index contributed by atoms with van der Waals surface area (Å²) in [6.45, 7) is 15.1. The van der Waals surface area contributed by atoms with Gasteiger partial charge in [0, 0.05) is 18.2 Å². The highest BCUT2D eigenvalue weighted by Gasteiger charge is 2.40. The van der Waals surface area contributed by atoms with Gasteiger partial charge in [0.15, 0.2) is 0 Å². The Morgan fingerprint density at radius 1 is 1.07 bits per heavy atom. The number of benzene rings is 1. The summed E-state index contributed by atoms with van der Waals surface area (Å²) >= 11 is 0. The lowest BCUT2D eigenvalue weighted by atomic mass is 9.83. The number of hydrogen-bond acceptors (Lipinski definition) is 4. The molecule has 2 rings (SSSR count). The second-order valence-electron chi connectivity index (χ2n) is 9.17. The van der Waals surface area contributed by atoms with Crippen molar-refractivity contribution >= 4 is 22.5 Å². The van der Waals surface area contributed by atoms with Crippen LogP contribution in [0.3, 0.4) is 0 Å². The van der Waals surface area contributed by atoms with Crippen molar-refractivity contribution in [1.29, 1.82) is 0 Å². The van der Waals surface area contributed by atoms with Crippen molar-refractivity contribution in [2.24, 2.45) is 11.8 Å². The number of carbonyl (C=O) groups is 1. The van der Waals surface area contributed by atoms with E-state index in [0.29, 0.717) is 31.3 Å². The smallest absolute Gasteiger partial charge is 0.256 e. The zero-order valence-electron chi connectivity index (χ0n) is 19.6. The summed E-state index contributed by atoms with van der Waals surface area (Å²) in [5.74, 6) is 1.32. The molecule has 0 saturated carbocycles. The van der Waals surface area contributed by atoms with E-state index in [1.807, 2.05) is 38.1 Å². The molecule has 0 aliphatic heterocycles. The molecule has 0 aliphatic rings. The molecule has 0 atom stereocenters. The van der Waals surface area contributed by atoms with Gasteiger partial charge in [0.2, 0.25) is 0 Å². The Labute approximate surface area is 181 Å². The zero-order chi connectivity index (χ0) is 22.3. The summed E-state index contributed by atoms with van der Waals surface area (Å²) in [6.07, 6.45) is 4.03. The molecular formula is C25H38N2O3. The number of hydrogen-bond donors (Lipinski definition) is 1. The van der Waals surface area contributed by atoms with Gasteiger partial charge >= 0.3 is 0 Å². The molecule has 0 saturated heterocycles. The van der Waals surface area contributed by atoms with Crippen molar-refractivity contribution in [2.75, 3.05) is 11.9 Å². The van der Waals surface area contributed by atoms with Gasteiger partial charge < -0.3 is 14.8 Å². The Hall–Kier alpha value is -2.14. The van der Waals surface area contributed by atoms with Gasteiger partial charge in [0.25, 0.3) is 5.91 Å². The summed E-state index contributed by atoms with van der Waals surface area (Å²) in [5, 5.41) is 4.03. The number of fused-ring (bicyclic) bond motifs is 1. The Kier molecular flexibility index (Phi) is 8.65. The third kappa shape index (κ3) is 6.18. The van der Waals surface area contributed by atoms with E-state index in [-0.39, 0.29) is 12.0 Å². The number of nitrogens with one attached hydrogen (secondary N) is 1. The van der Waals surface area contributed by atoms with E-state index in [1.54, 1.807) is 6.20 Å². The molecule has 0 spiro atoms. The van der Waals surface area contributed by atoms with E-state index < -0.39 is 5.60 Å². The largest absolute Gasteiger partial charge is 0.489 e. The van der Waals surface area contributed by atoms with Gasteiger partial charge in [-0.3, -0.25) is 9.78 Å². The summed E-state index contributed by atoms with van der Waals surface area (Å²) in [5.41, 5.74) is 0.632. The standard InChI is InChI=1S/C25H38N2O3/c1-8-14-29-25(15-17(2)3,16-18(4)5)24(28)27-21-11-12-22(30-19(6)7)23-20(21)10-9-13-26-23/h9-13,17-19H,8,14-16H2,1-7H3,(H,27,28). The van der Waals surface area contributed by atoms with Gasteiger partial charge in [-0.05, 0) is 69.2 Å². The maximum Gasteiger partial charge on any atom is 0.256 e. The Morgan fingerprint density at radius 3 is 2.30 bits per heavy atom. The zero-order valence-corrected chi connectivity index (χ0v) is 19.6. The van der Waals surface area contributed by atoms with Crippen molar-refractivity contribution < 1.29 is 14.3 Å². The molecule has 2 aromatic rings. The highest BCUT2D eigenvalue weighted by Crippen LogP contribution is 2.34. The Morgan fingerprint density at radius 2 is 1.73 bits per heavy atom. The van der Waals surface area contributed by atoms with Crippen LogP contribution >= 0.6 is 0 Å². The highest BCUT2D eigenvalue weighted by atomic mass is 16.5. The third-order valence-corrected chi connectivity index (χ3v) is 4.82. The minimum atomic E-state index is -0.847. The predicted molar refractivity (Wildman–Crippen MR) is 124 cm³/mol. The monoisotopic (exact) mass is 414 g/mol. The van der Waals surface area contributed by atoms with E-state index >= 15 is 0 Å². The molecule has 30 heavy (non-hydrogen) atoms. The van der Waals surface area contributed by atoms with Crippen LogP contribution in [-0.4, -0.2) is 29.2 Å². The number of rotatable bonds is 11. The average Bonchev–Trinajstić information content (AvgIpc) is 2.66. The van der Waals surface area contributed by atoms with E-state index in [9.17, 15) is 4.79 Å². The van der Waals surface area contributed by atoms with Gasteiger partial charge in [-0.2, -0.15) is 0 Å². The molecule has 1 aromatic carbocycles. The Bertz CT molecular complexity index is 820. The van der Waals surface area contributed by atoms with Gasteiger partial charge in [-0.1, -0.05) is 34.6 Å². The topological polar surface area (TPSA) is 60.5 Å². The number of pyridine rings is 1. The van der Waals surface area contributed by atoms with Crippen LogP contribution in [0.25, 0.3) is 10.9 Å².